The van der Waals surface area contributed by atoms with Crippen LogP contribution in [0.15, 0.2) is 24.3 Å². The van der Waals surface area contributed by atoms with Crippen LogP contribution in [-0.2, 0) is 19.1 Å². The lowest BCUT2D eigenvalue weighted by Gasteiger charge is -2.35. The topological polar surface area (TPSA) is 151 Å². The summed E-state index contributed by atoms with van der Waals surface area (Å²) in [7, 11) is 0. The van der Waals surface area contributed by atoms with Crippen LogP contribution in [0.2, 0.25) is 0 Å². The molecule has 1 aromatic carbocycles. The van der Waals surface area contributed by atoms with Gasteiger partial charge in [0.15, 0.2) is 0 Å². The third-order valence-electron chi connectivity index (χ3n) is 6.33. The average Bonchev–Trinajstić information content (AvgIpc) is 2.85. The highest BCUT2D eigenvalue weighted by Gasteiger charge is 2.36. The molecule has 10 nitrogen and oxygen atoms in total. The summed E-state index contributed by atoms with van der Waals surface area (Å²) in [5.41, 5.74) is 5.10. The number of rotatable bonds is 17. The second-order valence-electron chi connectivity index (χ2n) is 11.3. The van der Waals surface area contributed by atoms with Gasteiger partial charge in [0, 0.05) is 19.0 Å². The molecule has 0 heterocycles. The first-order chi connectivity index (χ1) is 18.8. The summed E-state index contributed by atoms with van der Waals surface area (Å²) in [6, 6.07) is 3.89. The van der Waals surface area contributed by atoms with Crippen molar-refractivity contribution in [1.29, 1.82) is 0 Å². The molecule has 40 heavy (non-hydrogen) atoms. The number of unbranched alkanes of at least 4 members (excludes halogenated alkanes) is 4. The number of amides is 4. The molecule has 0 spiro atoms. The lowest BCUT2D eigenvalue weighted by molar-refractivity contribution is -0.143. The smallest absolute Gasteiger partial charge is 0.408 e. The fraction of sp³-hybridized carbons (Fsp3) is 0.667. The second-order valence-corrected chi connectivity index (χ2v) is 11.3. The van der Waals surface area contributed by atoms with Crippen molar-refractivity contribution in [3.8, 4) is 5.75 Å². The summed E-state index contributed by atoms with van der Waals surface area (Å²) in [6.45, 7) is 11.4. The summed E-state index contributed by atoms with van der Waals surface area (Å²) in [5, 5.41) is 15.5. The summed E-state index contributed by atoms with van der Waals surface area (Å²) >= 11 is 0. The van der Waals surface area contributed by atoms with Gasteiger partial charge in [-0.05, 0) is 64.7 Å². The number of hydrogen-bond acceptors (Lipinski definition) is 6. The van der Waals surface area contributed by atoms with Crippen LogP contribution in [0.3, 0.4) is 0 Å². The summed E-state index contributed by atoms with van der Waals surface area (Å²) in [6.07, 6.45) is 5.27. The van der Waals surface area contributed by atoms with E-state index in [1.165, 1.54) is 17.0 Å². The molecule has 0 fully saturated rings. The van der Waals surface area contributed by atoms with Crippen LogP contribution in [-0.4, -0.2) is 58.1 Å². The Balaban J connectivity index is 3.49. The molecule has 0 bridgehead atoms. The maximum Gasteiger partial charge on any atom is 0.408 e. The number of alkyl carbamates (subject to hydrolysis) is 1. The van der Waals surface area contributed by atoms with Gasteiger partial charge in [0.1, 0.15) is 23.4 Å². The molecule has 4 amide bonds. The minimum absolute atomic E-state index is 0.0330. The third kappa shape index (κ3) is 13.2. The number of nitrogens with two attached hydrogens (primary N) is 1. The van der Waals surface area contributed by atoms with Gasteiger partial charge in [-0.3, -0.25) is 14.4 Å². The Kier molecular flexibility index (Phi) is 15.1. The molecule has 1 rings (SSSR count). The number of ether oxygens (including phenoxy) is 1. The first-order valence-corrected chi connectivity index (χ1v) is 14.5. The van der Waals surface area contributed by atoms with Gasteiger partial charge in [-0.25, -0.2) is 4.79 Å². The SMILES string of the molecule is CCCCCCCN(C(=O)C(CCC(N)=O)NC(=O)OC(C)(C)C)C(C(=O)NC(C)CCC)c1ccc(O)cc1. The quantitative estimate of drug-likeness (QED) is 0.202. The van der Waals surface area contributed by atoms with E-state index in [1.54, 1.807) is 32.9 Å². The standard InChI is InChI=1S/C30H50N4O6/c1-7-9-10-11-12-20-34(28(38)24(18-19-25(31)36)33-29(39)40-30(4,5)6)26(22-14-16-23(35)17-15-22)27(37)32-21(3)13-8-2/h14-17,21,24,26,35H,7-13,18-20H2,1-6H3,(H2,31,36)(H,32,37)(H,33,39). The van der Waals surface area contributed by atoms with E-state index in [0.717, 1.165) is 38.5 Å². The van der Waals surface area contributed by atoms with Crippen LogP contribution in [0.25, 0.3) is 0 Å². The van der Waals surface area contributed by atoms with Crippen molar-refractivity contribution in [3.05, 3.63) is 29.8 Å². The van der Waals surface area contributed by atoms with Crippen molar-refractivity contribution in [2.75, 3.05) is 6.54 Å². The van der Waals surface area contributed by atoms with Crippen molar-refractivity contribution < 1.29 is 29.0 Å². The molecule has 226 valence electrons. The largest absolute Gasteiger partial charge is 0.508 e. The first-order valence-electron chi connectivity index (χ1n) is 14.5. The molecule has 3 unspecified atom stereocenters. The van der Waals surface area contributed by atoms with Crippen LogP contribution in [0.5, 0.6) is 5.75 Å². The first kappa shape index (κ1) is 34.7. The molecular weight excluding hydrogens is 512 g/mol. The van der Waals surface area contributed by atoms with Gasteiger partial charge in [0.05, 0.1) is 0 Å². The Labute approximate surface area is 239 Å². The molecule has 10 heteroatoms. The van der Waals surface area contributed by atoms with Crippen molar-refractivity contribution in [2.45, 2.75) is 123 Å². The Morgan fingerprint density at radius 2 is 1.57 bits per heavy atom. The van der Waals surface area contributed by atoms with E-state index in [-0.39, 0.29) is 37.1 Å². The molecule has 0 radical (unpaired) electrons. The third-order valence-corrected chi connectivity index (χ3v) is 6.33. The molecule has 0 saturated carbocycles. The van der Waals surface area contributed by atoms with Gasteiger partial charge in [-0.2, -0.15) is 0 Å². The number of carbonyl (C=O) groups excluding carboxylic acids is 4. The molecule has 0 saturated heterocycles. The number of benzene rings is 1. The Hall–Kier alpha value is -3.30. The molecular formula is C30H50N4O6. The van der Waals surface area contributed by atoms with E-state index >= 15 is 0 Å². The number of primary amides is 1. The summed E-state index contributed by atoms with van der Waals surface area (Å²) in [4.78, 5) is 53.7. The van der Waals surface area contributed by atoms with Crippen LogP contribution >= 0.6 is 0 Å². The number of aromatic hydroxyl groups is 1. The van der Waals surface area contributed by atoms with Gasteiger partial charge in [-0.1, -0.05) is 58.1 Å². The molecule has 0 aromatic heterocycles. The van der Waals surface area contributed by atoms with E-state index in [0.29, 0.717) is 12.0 Å². The van der Waals surface area contributed by atoms with Crippen molar-refractivity contribution >= 4 is 23.8 Å². The van der Waals surface area contributed by atoms with E-state index in [4.69, 9.17) is 10.5 Å². The van der Waals surface area contributed by atoms with E-state index in [9.17, 15) is 24.3 Å². The highest BCUT2D eigenvalue weighted by atomic mass is 16.6. The molecule has 0 aliphatic rings. The van der Waals surface area contributed by atoms with Gasteiger partial charge in [-0.15, -0.1) is 0 Å². The summed E-state index contributed by atoms with van der Waals surface area (Å²) in [5.74, 6) is -1.46. The van der Waals surface area contributed by atoms with Gasteiger partial charge < -0.3 is 31.1 Å². The molecule has 0 aliphatic heterocycles. The fourth-order valence-corrected chi connectivity index (χ4v) is 4.40. The zero-order valence-corrected chi connectivity index (χ0v) is 25.1. The van der Waals surface area contributed by atoms with Crippen LogP contribution in [0, 0.1) is 0 Å². The molecule has 5 N–H and O–H groups in total. The Morgan fingerprint density at radius 1 is 0.950 bits per heavy atom. The summed E-state index contributed by atoms with van der Waals surface area (Å²) < 4.78 is 5.37. The lowest BCUT2D eigenvalue weighted by Crippen LogP contribution is -2.54. The van der Waals surface area contributed by atoms with Gasteiger partial charge >= 0.3 is 6.09 Å². The maximum atomic E-state index is 14.1. The van der Waals surface area contributed by atoms with Crippen molar-refractivity contribution in [3.63, 3.8) is 0 Å². The number of phenolic OH excluding ortho intramolecular Hbond substituents is 1. The molecule has 3 atom stereocenters. The minimum Gasteiger partial charge on any atom is -0.508 e. The van der Waals surface area contributed by atoms with Crippen LogP contribution in [0.1, 0.15) is 111 Å². The monoisotopic (exact) mass is 562 g/mol. The number of phenols is 1. The Morgan fingerprint density at radius 3 is 2.12 bits per heavy atom. The maximum absolute atomic E-state index is 14.1. The van der Waals surface area contributed by atoms with Gasteiger partial charge in [0.25, 0.3) is 0 Å². The van der Waals surface area contributed by atoms with E-state index < -0.39 is 35.6 Å². The highest BCUT2D eigenvalue weighted by molar-refractivity contribution is 5.92. The minimum atomic E-state index is -1.14. The van der Waals surface area contributed by atoms with Crippen molar-refractivity contribution in [2.24, 2.45) is 5.73 Å². The van der Waals surface area contributed by atoms with Crippen LogP contribution < -0.4 is 16.4 Å². The zero-order valence-electron chi connectivity index (χ0n) is 25.1. The van der Waals surface area contributed by atoms with Crippen LogP contribution in [0.4, 0.5) is 4.79 Å². The number of nitrogens with zero attached hydrogens (tertiary/aromatic N) is 1. The fourth-order valence-electron chi connectivity index (χ4n) is 4.40. The predicted molar refractivity (Wildman–Crippen MR) is 155 cm³/mol. The highest BCUT2D eigenvalue weighted by Crippen LogP contribution is 2.26. The Bertz CT molecular complexity index is 945. The predicted octanol–water partition coefficient (Wildman–Crippen LogP) is 4.70. The zero-order chi connectivity index (χ0) is 30.3. The van der Waals surface area contributed by atoms with Crippen molar-refractivity contribution in [1.82, 2.24) is 15.5 Å². The number of carbonyl (C=O) groups is 4. The normalized spacial score (nSPS) is 13.6. The van der Waals surface area contributed by atoms with Gasteiger partial charge in [0.2, 0.25) is 17.7 Å². The molecule has 0 aliphatic carbocycles. The number of nitrogens with one attached hydrogen (secondary N) is 2. The molecule has 1 aromatic rings. The van der Waals surface area contributed by atoms with E-state index in [1.807, 2.05) is 13.8 Å². The van der Waals surface area contributed by atoms with E-state index in [2.05, 4.69) is 17.6 Å². The number of hydrogen-bond donors (Lipinski definition) is 4. The lowest BCUT2D eigenvalue weighted by atomic mass is 10.00. The second kappa shape index (κ2) is 17.4. The average molecular weight is 563 g/mol.